The molecule has 0 saturated heterocycles. The van der Waals surface area contributed by atoms with Gasteiger partial charge in [0.25, 0.3) is 5.56 Å². The zero-order valence-electron chi connectivity index (χ0n) is 15.5. The third kappa shape index (κ3) is 3.35. The Hall–Kier alpha value is -4.32. The Bertz CT molecular complexity index is 1320. The first-order valence-corrected chi connectivity index (χ1v) is 8.76. The lowest BCUT2D eigenvalue weighted by Gasteiger charge is -2.13. The lowest BCUT2D eigenvalue weighted by Crippen LogP contribution is -2.21. The standard InChI is InChI=1S/C20H16N8O/c1-12-5-6-23-14(8-12)17-15(27-16-4-2-3-7-28(16)20(17)29)10-24-19-13(9-21)18(22)25-11-26-19/h2-8,11H,10H2,1H3,(H3,22,24,25,26). The van der Waals surface area contributed by atoms with E-state index >= 15 is 0 Å². The Morgan fingerprint density at radius 3 is 2.90 bits per heavy atom. The van der Waals surface area contributed by atoms with Crippen LogP contribution in [-0.2, 0) is 6.54 Å². The number of anilines is 2. The summed E-state index contributed by atoms with van der Waals surface area (Å²) in [6.45, 7) is 2.08. The second-order valence-corrected chi connectivity index (χ2v) is 6.33. The molecule has 0 aliphatic heterocycles. The van der Waals surface area contributed by atoms with Crippen LogP contribution in [0.5, 0.6) is 0 Å². The smallest absolute Gasteiger partial charge is 0.267 e. The van der Waals surface area contributed by atoms with Gasteiger partial charge in [-0.15, -0.1) is 0 Å². The molecule has 0 unspecified atom stereocenters. The van der Waals surface area contributed by atoms with Gasteiger partial charge in [-0.05, 0) is 36.8 Å². The zero-order chi connectivity index (χ0) is 20.4. The molecule has 4 heterocycles. The minimum atomic E-state index is -0.229. The molecule has 4 rings (SSSR count). The number of pyridine rings is 2. The van der Waals surface area contributed by atoms with Crippen LogP contribution >= 0.6 is 0 Å². The molecular formula is C20H16N8O. The zero-order valence-corrected chi connectivity index (χ0v) is 15.5. The van der Waals surface area contributed by atoms with Crippen molar-refractivity contribution in [3.05, 3.63) is 76.2 Å². The van der Waals surface area contributed by atoms with E-state index in [-0.39, 0.29) is 29.3 Å². The minimum absolute atomic E-state index is 0.0807. The summed E-state index contributed by atoms with van der Waals surface area (Å²) in [6.07, 6.45) is 4.59. The molecule has 4 aromatic heterocycles. The maximum absolute atomic E-state index is 13.2. The molecule has 0 atom stereocenters. The number of nitrogens with zero attached hydrogens (tertiary/aromatic N) is 6. The summed E-state index contributed by atoms with van der Waals surface area (Å²) in [5, 5.41) is 12.4. The van der Waals surface area contributed by atoms with Crippen LogP contribution < -0.4 is 16.6 Å². The van der Waals surface area contributed by atoms with Crippen molar-refractivity contribution in [2.24, 2.45) is 0 Å². The Morgan fingerprint density at radius 1 is 1.24 bits per heavy atom. The highest BCUT2D eigenvalue weighted by molar-refractivity contribution is 5.66. The molecule has 4 aromatic rings. The molecule has 0 aliphatic rings. The van der Waals surface area contributed by atoms with Crippen molar-refractivity contribution in [1.29, 1.82) is 5.26 Å². The van der Waals surface area contributed by atoms with Gasteiger partial charge in [0.15, 0.2) is 0 Å². The van der Waals surface area contributed by atoms with E-state index in [0.29, 0.717) is 22.6 Å². The summed E-state index contributed by atoms with van der Waals surface area (Å²) >= 11 is 0. The van der Waals surface area contributed by atoms with Gasteiger partial charge in [0.2, 0.25) is 0 Å². The minimum Gasteiger partial charge on any atom is -0.382 e. The highest BCUT2D eigenvalue weighted by Crippen LogP contribution is 2.21. The van der Waals surface area contributed by atoms with Crippen LogP contribution in [0.4, 0.5) is 11.6 Å². The molecule has 142 valence electrons. The fourth-order valence-electron chi connectivity index (χ4n) is 3.00. The van der Waals surface area contributed by atoms with E-state index in [9.17, 15) is 10.1 Å². The number of hydrogen-bond acceptors (Lipinski definition) is 8. The highest BCUT2D eigenvalue weighted by atomic mass is 16.1. The molecule has 0 saturated carbocycles. The van der Waals surface area contributed by atoms with Gasteiger partial charge in [-0.25, -0.2) is 15.0 Å². The Kier molecular flexibility index (Phi) is 4.58. The summed E-state index contributed by atoms with van der Waals surface area (Å²) in [6, 6.07) is 11.0. The number of aryl methyl sites for hydroxylation is 1. The Morgan fingerprint density at radius 2 is 2.10 bits per heavy atom. The molecule has 0 amide bonds. The molecule has 0 spiro atoms. The second kappa shape index (κ2) is 7.36. The van der Waals surface area contributed by atoms with E-state index in [0.717, 1.165) is 5.56 Å². The first-order chi connectivity index (χ1) is 14.1. The first kappa shape index (κ1) is 18.1. The van der Waals surface area contributed by atoms with Crippen LogP contribution in [0.3, 0.4) is 0 Å². The third-order valence-electron chi connectivity index (χ3n) is 4.39. The topological polar surface area (TPSA) is 135 Å². The van der Waals surface area contributed by atoms with E-state index in [2.05, 4.69) is 25.3 Å². The monoisotopic (exact) mass is 384 g/mol. The van der Waals surface area contributed by atoms with Gasteiger partial charge in [0.1, 0.15) is 35.2 Å². The normalized spacial score (nSPS) is 10.6. The van der Waals surface area contributed by atoms with Crippen LogP contribution in [0.2, 0.25) is 0 Å². The van der Waals surface area contributed by atoms with Gasteiger partial charge >= 0.3 is 0 Å². The fourth-order valence-corrected chi connectivity index (χ4v) is 3.00. The number of aromatic nitrogens is 5. The predicted octanol–water partition coefficient (Wildman–Crippen LogP) is 1.92. The van der Waals surface area contributed by atoms with Crippen molar-refractivity contribution in [2.75, 3.05) is 11.1 Å². The lowest BCUT2D eigenvalue weighted by molar-refractivity contribution is 0.963. The maximum atomic E-state index is 13.2. The van der Waals surface area contributed by atoms with E-state index in [4.69, 9.17) is 5.73 Å². The maximum Gasteiger partial charge on any atom is 0.267 e. The van der Waals surface area contributed by atoms with Gasteiger partial charge in [-0.1, -0.05) is 6.07 Å². The molecular weight excluding hydrogens is 368 g/mol. The number of nitrogens with one attached hydrogen (secondary N) is 1. The van der Waals surface area contributed by atoms with Crippen molar-refractivity contribution in [1.82, 2.24) is 24.3 Å². The SMILES string of the molecule is Cc1ccnc(-c2c(CNc3ncnc(N)c3C#N)nc3ccccn3c2=O)c1. The molecule has 0 radical (unpaired) electrons. The summed E-state index contributed by atoms with van der Waals surface area (Å²) < 4.78 is 1.48. The molecule has 3 N–H and O–H groups in total. The van der Waals surface area contributed by atoms with Gasteiger partial charge < -0.3 is 11.1 Å². The van der Waals surface area contributed by atoms with Crippen molar-refractivity contribution in [3.63, 3.8) is 0 Å². The number of nitrogens with two attached hydrogens (primary N) is 1. The highest BCUT2D eigenvalue weighted by Gasteiger charge is 2.17. The molecule has 9 heteroatoms. The average Bonchev–Trinajstić information content (AvgIpc) is 2.72. The largest absolute Gasteiger partial charge is 0.382 e. The van der Waals surface area contributed by atoms with Crippen molar-refractivity contribution < 1.29 is 0 Å². The van der Waals surface area contributed by atoms with Crippen LogP contribution in [0, 0.1) is 18.3 Å². The molecule has 9 nitrogen and oxygen atoms in total. The fraction of sp³-hybridized carbons (Fsp3) is 0.100. The molecule has 29 heavy (non-hydrogen) atoms. The number of hydrogen-bond donors (Lipinski definition) is 2. The van der Waals surface area contributed by atoms with E-state index in [1.807, 2.05) is 31.2 Å². The molecule has 0 aromatic carbocycles. The summed E-state index contributed by atoms with van der Waals surface area (Å²) in [5.41, 5.74) is 8.53. The van der Waals surface area contributed by atoms with Gasteiger partial charge in [0.05, 0.1) is 23.5 Å². The molecule has 0 aliphatic carbocycles. The number of nitriles is 1. The van der Waals surface area contributed by atoms with Gasteiger partial charge in [-0.3, -0.25) is 14.2 Å². The summed E-state index contributed by atoms with van der Waals surface area (Å²) in [7, 11) is 0. The number of nitrogen functional groups attached to an aromatic ring is 1. The van der Waals surface area contributed by atoms with Crippen LogP contribution in [0.1, 0.15) is 16.8 Å². The van der Waals surface area contributed by atoms with Crippen molar-refractivity contribution >= 4 is 17.3 Å². The van der Waals surface area contributed by atoms with E-state index in [1.54, 1.807) is 24.5 Å². The first-order valence-electron chi connectivity index (χ1n) is 8.76. The number of fused-ring (bicyclic) bond motifs is 1. The number of rotatable bonds is 4. The quantitative estimate of drug-likeness (QED) is 0.545. The summed E-state index contributed by atoms with van der Waals surface area (Å²) in [4.78, 5) is 30.1. The van der Waals surface area contributed by atoms with Crippen LogP contribution in [0.25, 0.3) is 16.9 Å². The third-order valence-corrected chi connectivity index (χ3v) is 4.39. The molecule has 0 bridgehead atoms. The predicted molar refractivity (Wildman–Crippen MR) is 108 cm³/mol. The van der Waals surface area contributed by atoms with E-state index < -0.39 is 0 Å². The lowest BCUT2D eigenvalue weighted by atomic mass is 10.1. The van der Waals surface area contributed by atoms with Gasteiger partial charge in [0, 0.05) is 12.4 Å². The van der Waals surface area contributed by atoms with Gasteiger partial charge in [-0.2, -0.15) is 5.26 Å². The van der Waals surface area contributed by atoms with Crippen LogP contribution in [-0.4, -0.2) is 24.3 Å². The Labute approximate surface area is 165 Å². The second-order valence-electron chi connectivity index (χ2n) is 6.33. The van der Waals surface area contributed by atoms with E-state index in [1.165, 1.54) is 10.7 Å². The molecule has 0 fully saturated rings. The Balaban J connectivity index is 1.85. The van der Waals surface area contributed by atoms with Crippen molar-refractivity contribution in [2.45, 2.75) is 13.5 Å². The average molecular weight is 384 g/mol. The summed E-state index contributed by atoms with van der Waals surface area (Å²) in [5.74, 6) is 0.357. The van der Waals surface area contributed by atoms with Crippen molar-refractivity contribution in [3.8, 4) is 17.3 Å². The van der Waals surface area contributed by atoms with Crippen LogP contribution in [0.15, 0.2) is 53.8 Å².